The zero-order chi connectivity index (χ0) is 12.3. The average Bonchev–Trinajstić information content (AvgIpc) is 2.67. The van der Waals surface area contributed by atoms with E-state index in [0.29, 0.717) is 0 Å². The molecule has 0 saturated heterocycles. The van der Waals surface area contributed by atoms with E-state index in [0.717, 1.165) is 23.0 Å². The van der Waals surface area contributed by atoms with Gasteiger partial charge in [-0.05, 0) is 30.2 Å². The van der Waals surface area contributed by atoms with Crippen molar-refractivity contribution in [2.45, 2.75) is 18.9 Å². The van der Waals surface area contributed by atoms with Crippen molar-refractivity contribution in [3.05, 3.63) is 52.3 Å². The van der Waals surface area contributed by atoms with Gasteiger partial charge in [0, 0.05) is 30.2 Å². The Balaban J connectivity index is 1.93. The first-order valence-corrected chi connectivity index (χ1v) is 6.41. The molecule has 0 fully saturated rings. The van der Waals surface area contributed by atoms with Gasteiger partial charge in [0.25, 0.3) is 0 Å². The van der Waals surface area contributed by atoms with E-state index >= 15 is 0 Å². The molecule has 2 N–H and O–H groups in total. The number of hydrogen-bond donors (Lipinski definition) is 1. The molecule has 1 unspecified atom stereocenters. The number of benzene rings is 1. The molecular weight excluding hydrogens is 278 g/mol. The lowest BCUT2D eigenvalue weighted by atomic mass is 10.0. The summed E-state index contributed by atoms with van der Waals surface area (Å²) in [7, 11) is 1.92. The predicted molar refractivity (Wildman–Crippen MR) is 72.7 cm³/mol. The lowest BCUT2D eigenvalue weighted by Crippen LogP contribution is -2.25. The van der Waals surface area contributed by atoms with Crippen LogP contribution in [-0.2, 0) is 19.9 Å². The van der Waals surface area contributed by atoms with Crippen LogP contribution < -0.4 is 5.73 Å². The number of hydrogen-bond acceptors (Lipinski definition) is 2. The van der Waals surface area contributed by atoms with Crippen molar-refractivity contribution in [2.24, 2.45) is 12.8 Å². The van der Waals surface area contributed by atoms with Crippen molar-refractivity contribution >= 4 is 15.9 Å². The Labute approximate surface area is 110 Å². The van der Waals surface area contributed by atoms with Crippen LogP contribution in [0.2, 0.25) is 0 Å². The summed E-state index contributed by atoms with van der Waals surface area (Å²) in [6.07, 6.45) is 3.64. The fourth-order valence-corrected chi connectivity index (χ4v) is 2.10. The van der Waals surface area contributed by atoms with E-state index in [2.05, 4.69) is 33.2 Å². The van der Waals surface area contributed by atoms with Crippen LogP contribution in [-0.4, -0.2) is 15.8 Å². The SMILES string of the molecule is Cn1ccc(CC(N)Cc2ccc(Br)cc2)n1. The van der Waals surface area contributed by atoms with Crippen molar-refractivity contribution in [3.63, 3.8) is 0 Å². The molecule has 2 rings (SSSR count). The Bertz CT molecular complexity index is 476. The van der Waals surface area contributed by atoms with Gasteiger partial charge in [0.15, 0.2) is 0 Å². The molecule has 0 amide bonds. The highest BCUT2D eigenvalue weighted by Gasteiger charge is 2.07. The second kappa shape index (κ2) is 5.47. The van der Waals surface area contributed by atoms with Crippen LogP contribution in [0.3, 0.4) is 0 Å². The third-order valence-electron chi connectivity index (χ3n) is 2.65. The van der Waals surface area contributed by atoms with E-state index in [-0.39, 0.29) is 6.04 Å². The van der Waals surface area contributed by atoms with Gasteiger partial charge in [-0.25, -0.2) is 0 Å². The molecule has 1 aromatic heterocycles. The molecule has 0 bridgehead atoms. The zero-order valence-electron chi connectivity index (χ0n) is 9.81. The maximum atomic E-state index is 6.12. The predicted octanol–water partition coefficient (Wildman–Crippen LogP) is 2.30. The van der Waals surface area contributed by atoms with Crippen LogP contribution in [0.25, 0.3) is 0 Å². The maximum Gasteiger partial charge on any atom is 0.0640 e. The summed E-state index contributed by atoms with van der Waals surface area (Å²) in [5, 5.41) is 4.34. The highest BCUT2D eigenvalue weighted by atomic mass is 79.9. The van der Waals surface area contributed by atoms with Gasteiger partial charge >= 0.3 is 0 Å². The number of halogens is 1. The van der Waals surface area contributed by atoms with Crippen molar-refractivity contribution in [2.75, 3.05) is 0 Å². The van der Waals surface area contributed by atoms with Crippen LogP contribution in [0.1, 0.15) is 11.3 Å². The van der Waals surface area contributed by atoms with Crippen LogP contribution >= 0.6 is 15.9 Å². The molecular formula is C13H16BrN3. The van der Waals surface area contributed by atoms with Gasteiger partial charge in [0.1, 0.15) is 0 Å². The molecule has 17 heavy (non-hydrogen) atoms. The lowest BCUT2D eigenvalue weighted by Gasteiger charge is -2.10. The maximum absolute atomic E-state index is 6.12. The summed E-state index contributed by atoms with van der Waals surface area (Å²) in [6.45, 7) is 0. The van der Waals surface area contributed by atoms with E-state index in [4.69, 9.17) is 5.73 Å². The first kappa shape index (κ1) is 12.3. The molecule has 0 radical (unpaired) electrons. The smallest absolute Gasteiger partial charge is 0.0640 e. The molecule has 90 valence electrons. The molecule has 1 atom stereocenters. The normalized spacial score (nSPS) is 12.6. The Morgan fingerprint density at radius 2 is 1.94 bits per heavy atom. The highest BCUT2D eigenvalue weighted by Crippen LogP contribution is 2.12. The fourth-order valence-electron chi connectivity index (χ4n) is 1.84. The van der Waals surface area contributed by atoms with Crippen LogP contribution in [0, 0.1) is 0 Å². The minimum Gasteiger partial charge on any atom is -0.327 e. The van der Waals surface area contributed by atoms with Gasteiger partial charge < -0.3 is 5.73 Å². The summed E-state index contributed by atoms with van der Waals surface area (Å²) in [4.78, 5) is 0. The monoisotopic (exact) mass is 293 g/mol. The van der Waals surface area contributed by atoms with E-state index in [1.54, 1.807) is 0 Å². The molecule has 2 aromatic rings. The van der Waals surface area contributed by atoms with Crippen molar-refractivity contribution in [3.8, 4) is 0 Å². The standard InChI is InChI=1S/C13H16BrN3/c1-17-7-6-13(16-17)9-12(15)8-10-2-4-11(14)5-3-10/h2-7,12H,8-9,15H2,1H3. The average molecular weight is 294 g/mol. The van der Waals surface area contributed by atoms with E-state index in [1.165, 1.54) is 5.56 Å². The van der Waals surface area contributed by atoms with E-state index < -0.39 is 0 Å². The van der Waals surface area contributed by atoms with Crippen LogP contribution in [0.5, 0.6) is 0 Å². The summed E-state index contributed by atoms with van der Waals surface area (Å²) in [6, 6.07) is 10.4. The van der Waals surface area contributed by atoms with Crippen molar-refractivity contribution < 1.29 is 0 Å². The van der Waals surface area contributed by atoms with Crippen LogP contribution in [0.4, 0.5) is 0 Å². The molecule has 0 aliphatic carbocycles. The Morgan fingerprint density at radius 1 is 1.24 bits per heavy atom. The zero-order valence-corrected chi connectivity index (χ0v) is 11.4. The summed E-state index contributed by atoms with van der Waals surface area (Å²) >= 11 is 3.42. The van der Waals surface area contributed by atoms with Gasteiger partial charge in [-0.15, -0.1) is 0 Å². The largest absolute Gasteiger partial charge is 0.327 e. The number of aryl methyl sites for hydroxylation is 1. The molecule has 4 heteroatoms. The van der Waals surface area contributed by atoms with Gasteiger partial charge in [0.05, 0.1) is 5.69 Å². The number of rotatable bonds is 4. The van der Waals surface area contributed by atoms with Crippen molar-refractivity contribution in [1.82, 2.24) is 9.78 Å². The minimum atomic E-state index is 0.117. The molecule has 0 spiro atoms. The first-order valence-electron chi connectivity index (χ1n) is 5.62. The summed E-state index contributed by atoms with van der Waals surface area (Å²) in [5.74, 6) is 0. The molecule has 0 aliphatic heterocycles. The first-order chi connectivity index (χ1) is 8.13. The number of nitrogens with zero attached hydrogens (tertiary/aromatic N) is 2. The summed E-state index contributed by atoms with van der Waals surface area (Å²) in [5.41, 5.74) is 8.44. The van der Waals surface area contributed by atoms with Gasteiger partial charge in [-0.3, -0.25) is 4.68 Å². The minimum absolute atomic E-state index is 0.117. The van der Waals surface area contributed by atoms with Crippen LogP contribution in [0.15, 0.2) is 41.0 Å². The Kier molecular flexibility index (Phi) is 3.97. The van der Waals surface area contributed by atoms with E-state index in [1.807, 2.05) is 36.1 Å². The van der Waals surface area contributed by atoms with Gasteiger partial charge in [0.2, 0.25) is 0 Å². The molecule has 1 aromatic carbocycles. The fraction of sp³-hybridized carbons (Fsp3) is 0.308. The van der Waals surface area contributed by atoms with Crippen molar-refractivity contribution in [1.29, 1.82) is 0 Å². The summed E-state index contributed by atoms with van der Waals surface area (Å²) < 4.78 is 2.90. The third kappa shape index (κ3) is 3.68. The third-order valence-corrected chi connectivity index (χ3v) is 3.18. The molecule has 0 aliphatic rings. The van der Waals surface area contributed by atoms with E-state index in [9.17, 15) is 0 Å². The second-order valence-electron chi connectivity index (χ2n) is 4.28. The Hall–Kier alpha value is -1.13. The number of aromatic nitrogens is 2. The van der Waals surface area contributed by atoms with Gasteiger partial charge in [-0.2, -0.15) is 5.10 Å². The second-order valence-corrected chi connectivity index (χ2v) is 5.19. The molecule has 3 nitrogen and oxygen atoms in total. The quantitative estimate of drug-likeness (QED) is 0.940. The van der Waals surface area contributed by atoms with Gasteiger partial charge in [-0.1, -0.05) is 28.1 Å². The topological polar surface area (TPSA) is 43.8 Å². The highest BCUT2D eigenvalue weighted by molar-refractivity contribution is 9.10. The lowest BCUT2D eigenvalue weighted by molar-refractivity contribution is 0.638. The number of nitrogens with two attached hydrogens (primary N) is 1. The Morgan fingerprint density at radius 3 is 2.53 bits per heavy atom. The molecule has 0 saturated carbocycles. The molecule has 1 heterocycles.